The fourth-order valence-corrected chi connectivity index (χ4v) is 6.31. The number of para-hydroxylation sites is 1. The lowest BCUT2D eigenvalue weighted by Gasteiger charge is -2.41. The summed E-state index contributed by atoms with van der Waals surface area (Å²) in [7, 11) is -3.82. The number of nitrogens with zero attached hydrogens (tertiary/aromatic N) is 3. The largest absolute Gasteiger partial charge is 0.368 e. The monoisotopic (exact) mass is 461 g/mol. The van der Waals surface area contributed by atoms with Crippen LogP contribution in [0.15, 0.2) is 89.8 Å². The van der Waals surface area contributed by atoms with E-state index in [0.29, 0.717) is 19.5 Å². The van der Waals surface area contributed by atoms with Crippen LogP contribution < -0.4 is 4.90 Å². The summed E-state index contributed by atoms with van der Waals surface area (Å²) in [5.74, 6) is -0.114. The van der Waals surface area contributed by atoms with Crippen LogP contribution in [0.5, 0.6) is 0 Å². The number of benzene rings is 3. The molecule has 170 valence electrons. The third-order valence-corrected chi connectivity index (χ3v) is 8.42. The molecule has 2 aliphatic rings. The molecule has 2 heterocycles. The fourth-order valence-electron chi connectivity index (χ4n) is 4.72. The molecule has 0 N–H and O–H groups in total. The zero-order valence-corrected chi connectivity index (χ0v) is 19.2. The van der Waals surface area contributed by atoms with E-state index < -0.39 is 16.1 Å². The van der Waals surface area contributed by atoms with Crippen LogP contribution in [0, 0.1) is 0 Å². The van der Waals surface area contributed by atoms with Gasteiger partial charge in [0.25, 0.3) is 0 Å². The Bertz CT molecular complexity index is 1220. The number of piperazine rings is 1. The first kappa shape index (κ1) is 21.7. The predicted octanol–water partition coefficient (Wildman–Crippen LogP) is 3.15. The van der Waals surface area contributed by atoms with Gasteiger partial charge in [-0.2, -0.15) is 4.31 Å². The van der Waals surface area contributed by atoms with Crippen molar-refractivity contribution in [3.8, 4) is 0 Å². The van der Waals surface area contributed by atoms with Crippen molar-refractivity contribution in [2.45, 2.75) is 23.9 Å². The molecule has 0 saturated carbocycles. The molecule has 7 heteroatoms. The summed E-state index contributed by atoms with van der Waals surface area (Å²) in [6, 6.07) is 25.6. The highest BCUT2D eigenvalue weighted by Crippen LogP contribution is 2.30. The van der Waals surface area contributed by atoms with Gasteiger partial charge in [0.1, 0.15) is 6.04 Å². The SMILES string of the molecule is O=C(C1Cc2ccccc2CN1S(=O)(=O)c1ccccc1)N1CCN(c2ccccc2)CC1. The minimum atomic E-state index is -3.82. The number of rotatable bonds is 4. The van der Waals surface area contributed by atoms with Crippen molar-refractivity contribution < 1.29 is 13.2 Å². The molecule has 0 radical (unpaired) electrons. The number of carbonyl (C=O) groups is 1. The van der Waals surface area contributed by atoms with E-state index >= 15 is 0 Å². The zero-order chi connectivity index (χ0) is 22.8. The van der Waals surface area contributed by atoms with Gasteiger partial charge in [0.05, 0.1) is 4.90 Å². The predicted molar refractivity (Wildman–Crippen MR) is 128 cm³/mol. The molecule has 1 atom stereocenters. The van der Waals surface area contributed by atoms with Gasteiger partial charge in [0.15, 0.2) is 0 Å². The molecule has 6 nitrogen and oxygen atoms in total. The smallest absolute Gasteiger partial charge is 0.244 e. The molecule has 1 fully saturated rings. The molecule has 0 aliphatic carbocycles. The lowest BCUT2D eigenvalue weighted by atomic mass is 9.95. The molecular formula is C26H27N3O3S. The molecular weight excluding hydrogens is 434 g/mol. The number of carbonyl (C=O) groups excluding carboxylic acids is 1. The number of sulfonamides is 1. The molecule has 33 heavy (non-hydrogen) atoms. The number of hydrogen-bond acceptors (Lipinski definition) is 4. The third kappa shape index (κ3) is 4.26. The highest BCUT2D eigenvalue weighted by Gasteiger charge is 2.41. The molecule has 5 rings (SSSR count). The minimum Gasteiger partial charge on any atom is -0.368 e. The van der Waals surface area contributed by atoms with Crippen molar-refractivity contribution in [1.29, 1.82) is 0 Å². The number of anilines is 1. The van der Waals surface area contributed by atoms with Crippen LogP contribution in [0.25, 0.3) is 0 Å². The van der Waals surface area contributed by atoms with Crippen LogP contribution in [0.2, 0.25) is 0 Å². The summed E-state index contributed by atoms with van der Waals surface area (Å²) in [5, 5.41) is 0. The molecule has 0 spiro atoms. The summed E-state index contributed by atoms with van der Waals surface area (Å²) in [6.45, 7) is 2.80. The van der Waals surface area contributed by atoms with Crippen LogP contribution in [-0.4, -0.2) is 55.8 Å². The first-order valence-corrected chi connectivity index (χ1v) is 12.7. The van der Waals surface area contributed by atoms with Gasteiger partial charge < -0.3 is 9.80 Å². The van der Waals surface area contributed by atoms with E-state index in [0.717, 1.165) is 29.9 Å². The Labute approximate surface area is 195 Å². The maximum absolute atomic E-state index is 13.7. The number of hydrogen-bond donors (Lipinski definition) is 0. The first-order valence-electron chi connectivity index (χ1n) is 11.3. The zero-order valence-electron chi connectivity index (χ0n) is 18.4. The third-order valence-electron chi connectivity index (χ3n) is 6.55. The van der Waals surface area contributed by atoms with E-state index in [1.807, 2.05) is 47.4 Å². The molecule has 2 aliphatic heterocycles. The number of fused-ring (bicyclic) bond motifs is 1. The van der Waals surface area contributed by atoms with E-state index in [1.165, 1.54) is 4.31 Å². The standard InChI is InChI=1S/C26H27N3O3S/c30-26(28-17-15-27(16-18-28)23-11-3-1-4-12-23)25-19-21-9-7-8-10-22(21)20-29(25)33(31,32)24-13-5-2-6-14-24/h1-14,25H,15-20H2. The highest BCUT2D eigenvalue weighted by molar-refractivity contribution is 7.89. The van der Waals surface area contributed by atoms with E-state index in [2.05, 4.69) is 17.0 Å². The maximum Gasteiger partial charge on any atom is 0.244 e. The second-order valence-electron chi connectivity index (χ2n) is 8.50. The van der Waals surface area contributed by atoms with Gasteiger partial charge in [-0.05, 0) is 41.8 Å². The van der Waals surface area contributed by atoms with Crippen LogP contribution in [0.3, 0.4) is 0 Å². The van der Waals surface area contributed by atoms with E-state index in [4.69, 9.17) is 0 Å². The number of amides is 1. The van der Waals surface area contributed by atoms with Gasteiger partial charge >= 0.3 is 0 Å². The second kappa shape index (κ2) is 9.00. The summed E-state index contributed by atoms with van der Waals surface area (Å²) < 4.78 is 28.6. The van der Waals surface area contributed by atoms with Gasteiger partial charge in [-0.25, -0.2) is 8.42 Å². The van der Waals surface area contributed by atoms with Gasteiger partial charge in [0, 0.05) is 38.4 Å². The van der Waals surface area contributed by atoms with E-state index in [1.54, 1.807) is 30.3 Å². The van der Waals surface area contributed by atoms with Crippen molar-refractivity contribution in [2.75, 3.05) is 31.1 Å². The highest BCUT2D eigenvalue weighted by atomic mass is 32.2. The van der Waals surface area contributed by atoms with Crippen LogP contribution >= 0.6 is 0 Å². The van der Waals surface area contributed by atoms with Gasteiger partial charge in [0.2, 0.25) is 15.9 Å². The van der Waals surface area contributed by atoms with Crippen molar-refractivity contribution in [2.24, 2.45) is 0 Å². The average molecular weight is 462 g/mol. The Kier molecular flexibility index (Phi) is 5.91. The Morgan fingerprint density at radius 1 is 0.727 bits per heavy atom. The lowest BCUT2D eigenvalue weighted by molar-refractivity contribution is -0.136. The van der Waals surface area contributed by atoms with Gasteiger partial charge in [-0.3, -0.25) is 4.79 Å². The van der Waals surface area contributed by atoms with Crippen LogP contribution in [-0.2, 0) is 27.8 Å². The lowest BCUT2D eigenvalue weighted by Crippen LogP contribution is -2.57. The normalized spacial score (nSPS) is 19.2. The van der Waals surface area contributed by atoms with E-state index in [9.17, 15) is 13.2 Å². The molecule has 0 aromatic heterocycles. The van der Waals surface area contributed by atoms with Gasteiger partial charge in [-0.15, -0.1) is 0 Å². The Balaban J connectivity index is 1.40. The summed E-state index contributed by atoms with van der Waals surface area (Å²) >= 11 is 0. The summed E-state index contributed by atoms with van der Waals surface area (Å²) in [5.41, 5.74) is 3.14. The second-order valence-corrected chi connectivity index (χ2v) is 10.4. The van der Waals surface area contributed by atoms with Gasteiger partial charge in [-0.1, -0.05) is 60.7 Å². The van der Waals surface area contributed by atoms with Crippen molar-refractivity contribution in [1.82, 2.24) is 9.21 Å². The van der Waals surface area contributed by atoms with Crippen molar-refractivity contribution in [3.63, 3.8) is 0 Å². The average Bonchev–Trinajstić information content (AvgIpc) is 2.88. The Morgan fingerprint density at radius 2 is 1.30 bits per heavy atom. The van der Waals surface area contributed by atoms with Crippen LogP contribution in [0.1, 0.15) is 11.1 Å². The van der Waals surface area contributed by atoms with Crippen LogP contribution in [0.4, 0.5) is 5.69 Å². The molecule has 3 aromatic carbocycles. The summed E-state index contributed by atoms with van der Waals surface area (Å²) in [4.78, 5) is 18.0. The molecule has 1 unspecified atom stereocenters. The first-order chi connectivity index (χ1) is 16.0. The molecule has 1 saturated heterocycles. The molecule has 0 bridgehead atoms. The summed E-state index contributed by atoms with van der Waals surface area (Å²) in [6.07, 6.45) is 0.389. The van der Waals surface area contributed by atoms with E-state index in [-0.39, 0.29) is 17.3 Å². The topological polar surface area (TPSA) is 60.9 Å². The fraction of sp³-hybridized carbons (Fsp3) is 0.269. The quantitative estimate of drug-likeness (QED) is 0.599. The minimum absolute atomic E-state index is 0.114. The van der Waals surface area contributed by atoms with Crippen molar-refractivity contribution in [3.05, 3.63) is 96.1 Å². The molecule has 3 aromatic rings. The Hall–Kier alpha value is -3.16. The Morgan fingerprint density at radius 3 is 1.97 bits per heavy atom. The maximum atomic E-state index is 13.7. The van der Waals surface area contributed by atoms with Crippen molar-refractivity contribution >= 4 is 21.6 Å². The molecule has 1 amide bonds.